The van der Waals surface area contributed by atoms with Crippen LogP contribution in [0.3, 0.4) is 0 Å². The Balaban J connectivity index is 1.30. The highest BCUT2D eigenvalue weighted by Gasteiger charge is 2.27. The Bertz CT molecular complexity index is 1350. The first-order chi connectivity index (χ1) is 17.4. The fourth-order valence-electron chi connectivity index (χ4n) is 3.78. The van der Waals surface area contributed by atoms with Crippen molar-refractivity contribution < 1.29 is 13.9 Å². The Kier molecular flexibility index (Phi) is 6.80. The highest BCUT2D eigenvalue weighted by Crippen LogP contribution is 2.31. The highest BCUT2D eigenvalue weighted by molar-refractivity contribution is 6.30. The molecule has 5 rings (SSSR count). The van der Waals surface area contributed by atoms with Crippen molar-refractivity contribution in [1.29, 1.82) is 0 Å². The molecular weight excluding hydrogens is 500 g/mol. The average molecular weight is 520 g/mol. The lowest BCUT2D eigenvalue weighted by atomic mass is 10.0. The summed E-state index contributed by atoms with van der Waals surface area (Å²) in [5, 5.41) is 5.60. The van der Waals surface area contributed by atoms with Crippen LogP contribution in [-0.4, -0.2) is 17.6 Å². The number of hydrogen-bond acceptors (Lipinski definition) is 3. The van der Waals surface area contributed by atoms with E-state index in [1.807, 2.05) is 12.1 Å². The zero-order chi connectivity index (χ0) is 25.1. The van der Waals surface area contributed by atoms with Gasteiger partial charge in [-0.15, -0.1) is 0 Å². The van der Waals surface area contributed by atoms with Gasteiger partial charge in [-0.1, -0.05) is 47.5 Å². The Hall–Kier alpha value is -4.00. The smallest absolute Gasteiger partial charge is 0.340 e. The summed E-state index contributed by atoms with van der Waals surface area (Å²) in [6.07, 6.45) is 0. The minimum absolute atomic E-state index is 0.285. The molecule has 0 saturated carbocycles. The third-order valence-corrected chi connectivity index (χ3v) is 6.09. The lowest BCUT2D eigenvalue weighted by Crippen LogP contribution is -2.40. The first kappa shape index (κ1) is 23.7. The molecule has 2 amide bonds. The maximum atomic E-state index is 13.5. The number of rotatable bonds is 5. The zero-order valence-electron chi connectivity index (χ0n) is 18.8. The molecule has 0 aliphatic carbocycles. The number of nitrogens with zero attached hydrogens (tertiary/aromatic N) is 1. The van der Waals surface area contributed by atoms with Gasteiger partial charge in [0.25, 0.3) is 0 Å². The van der Waals surface area contributed by atoms with Crippen molar-refractivity contribution in [2.75, 3.05) is 11.9 Å². The maximum absolute atomic E-state index is 13.5. The van der Waals surface area contributed by atoms with Crippen molar-refractivity contribution in [2.24, 2.45) is 0 Å². The number of hydrogen-bond donors (Lipinski definition) is 2. The van der Waals surface area contributed by atoms with E-state index in [2.05, 4.69) is 10.7 Å². The molecule has 2 N–H and O–H groups in total. The van der Waals surface area contributed by atoms with E-state index in [0.29, 0.717) is 27.2 Å². The van der Waals surface area contributed by atoms with Crippen LogP contribution < -0.4 is 15.5 Å². The van der Waals surface area contributed by atoms with Gasteiger partial charge in [0.2, 0.25) is 0 Å². The van der Waals surface area contributed by atoms with Gasteiger partial charge in [-0.05, 0) is 83.9 Å². The number of nitrogens with one attached hydrogen (secondary N) is 2. The summed E-state index contributed by atoms with van der Waals surface area (Å²) >= 11 is 12.0. The van der Waals surface area contributed by atoms with E-state index >= 15 is 0 Å². The summed E-state index contributed by atoms with van der Waals surface area (Å²) in [4.78, 5) is 13.1. The molecule has 5 nitrogen and oxygen atoms in total. The lowest BCUT2D eigenvalue weighted by Gasteiger charge is -2.19. The minimum atomic E-state index is -0.343. The molecule has 180 valence electrons. The SMILES string of the molecule is O=C(Nc1ccc(Oc2ccc(Cl)cc2)cc1)N1CC(c2ccc(F)cc2)=C(c2ccc(Cl)cc2)N1. The van der Waals surface area contributed by atoms with Crippen LogP contribution in [0.1, 0.15) is 11.1 Å². The highest BCUT2D eigenvalue weighted by atomic mass is 35.5. The second kappa shape index (κ2) is 10.3. The molecule has 0 fully saturated rings. The second-order valence-electron chi connectivity index (χ2n) is 8.08. The van der Waals surface area contributed by atoms with Crippen molar-refractivity contribution in [3.8, 4) is 11.5 Å². The van der Waals surface area contributed by atoms with Crippen molar-refractivity contribution >= 4 is 46.2 Å². The normalized spacial score (nSPS) is 12.9. The van der Waals surface area contributed by atoms with Gasteiger partial charge in [0.15, 0.2) is 0 Å². The average Bonchev–Trinajstić information content (AvgIpc) is 3.33. The van der Waals surface area contributed by atoms with E-state index in [4.69, 9.17) is 27.9 Å². The van der Waals surface area contributed by atoms with Crippen LogP contribution >= 0.6 is 23.2 Å². The predicted octanol–water partition coefficient (Wildman–Crippen LogP) is 7.85. The van der Waals surface area contributed by atoms with Crippen LogP contribution in [0.2, 0.25) is 10.0 Å². The molecule has 0 unspecified atom stereocenters. The first-order valence-electron chi connectivity index (χ1n) is 11.1. The fraction of sp³-hybridized carbons (Fsp3) is 0.0357. The number of urea groups is 1. The summed E-state index contributed by atoms with van der Waals surface area (Å²) in [7, 11) is 0. The van der Waals surface area contributed by atoms with Gasteiger partial charge in [0.1, 0.15) is 17.3 Å². The van der Waals surface area contributed by atoms with Gasteiger partial charge in [-0.25, -0.2) is 14.2 Å². The number of halogens is 3. The molecule has 0 atom stereocenters. The molecule has 0 bridgehead atoms. The summed E-state index contributed by atoms with van der Waals surface area (Å²) in [6.45, 7) is 0.285. The molecule has 0 saturated heterocycles. The third-order valence-electron chi connectivity index (χ3n) is 5.59. The molecular formula is C28H20Cl2FN3O2. The number of ether oxygens (including phenoxy) is 1. The Morgan fingerprint density at radius 3 is 1.92 bits per heavy atom. The predicted molar refractivity (Wildman–Crippen MR) is 141 cm³/mol. The second-order valence-corrected chi connectivity index (χ2v) is 8.95. The number of amides is 2. The van der Waals surface area contributed by atoms with E-state index in [-0.39, 0.29) is 18.4 Å². The standard InChI is InChI=1S/C28H20Cl2FN3O2/c29-20-5-1-19(2-6-20)27-26(18-3-9-22(31)10-4-18)17-34(33-27)28(35)32-23-11-15-25(16-12-23)36-24-13-7-21(30)8-14-24/h1-16,33H,17H2,(H,32,35). The van der Waals surface area contributed by atoms with Gasteiger partial charge in [-0.2, -0.15) is 0 Å². The summed E-state index contributed by atoms with van der Waals surface area (Å²) < 4.78 is 19.3. The van der Waals surface area contributed by atoms with E-state index in [1.54, 1.807) is 72.8 Å². The largest absolute Gasteiger partial charge is 0.457 e. The Labute approximate surface area is 217 Å². The van der Waals surface area contributed by atoms with E-state index in [0.717, 1.165) is 22.4 Å². The monoisotopic (exact) mass is 519 g/mol. The topological polar surface area (TPSA) is 53.6 Å². The van der Waals surface area contributed by atoms with Gasteiger partial charge in [-0.3, -0.25) is 5.43 Å². The number of carbonyl (C=O) groups excluding carboxylic acids is 1. The van der Waals surface area contributed by atoms with Crippen LogP contribution in [0.25, 0.3) is 11.3 Å². The van der Waals surface area contributed by atoms with E-state index in [9.17, 15) is 9.18 Å². The number of hydrazine groups is 1. The summed E-state index contributed by atoms with van der Waals surface area (Å²) in [5.41, 5.74) is 7.07. The van der Waals surface area contributed by atoms with Crippen LogP contribution in [-0.2, 0) is 0 Å². The third kappa shape index (κ3) is 5.46. The molecule has 8 heteroatoms. The Morgan fingerprint density at radius 2 is 1.31 bits per heavy atom. The van der Waals surface area contributed by atoms with Gasteiger partial charge in [0, 0.05) is 21.3 Å². The molecule has 4 aromatic carbocycles. The van der Waals surface area contributed by atoms with E-state index < -0.39 is 0 Å². The van der Waals surface area contributed by atoms with E-state index in [1.165, 1.54) is 17.1 Å². The molecule has 1 aliphatic rings. The van der Waals surface area contributed by atoms with Gasteiger partial charge < -0.3 is 10.1 Å². The van der Waals surface area contributed by atoms with Crippen molar-refractivity contribution in [3.63, 3.8) is 0 Å². The van der Waals surface area contributed by atoms with Crippen LogP contribution in [0.15, 0.2) is 97.1 Å². The molecule has 1 heterocycles. The van der Waals surface area contributed by atoms with Crippen LogP contribution in [0, 0.1) is 5.82 Å². The van der Waals surface area contributed by atoms with Crippen molar-refractivity contribution in [2.45, 2.75) is 0 Å². The van der Waals surface area contributed by atoms with Crippen molar-refractivity contribution in [3.05, 3.63) is 124 Å². The van der Waals surface area contributed by atoms with Gasteiger partial charge >= 0.3 is 6.03 Å². The fourth-order valence-corrected chi connectivity index (χ4v) is 4.03. The molecule has 36 heavy (non-hydrogen) atoms. The minimum Gasteiger partial charge on any atom is -0.457 e. The molecule has 1 aliphatic heterocycles. The zero-order valence-corrected chi connectivity index (χ0v) is 20.4. The van der Waals surface area contributed by atoms with Crippen LogP contribution in [0.5, 0.6) is 11.5 Å². The number of carbonyl (C=O) groups is 1. The summed E-state index contributed by atoms with van der Waals surface area (Å²) in [5.74, 6) is 0.961. The van der Waals surface area contributed by atoms with Crippen LogP contribution in [0.4, 0.5) is 14.9 Å². The number of anilines is 1. The maximum Gasteiger partial charge on any atom is 0.340 e. The van der Waals surface area contributed by atoms with Crippen molar-refractivity contribution in [1.82, 2.24) is 10.4 Å². The van der Waals surface area contributed by atoms with Gasteiger partial charge in [0.05, 0.1) is 12.2 Å². The lowest BCUT2D eigenvalue weighted by molar-refractivity contribution is 0.210. The molecule has 4 aromatic rings. The quantitative estimate of drug-likeness (QED) is 0.282. The molecule has 0 radical (unpaired) electrons. The number of benzene rings is 4. The summed E-state index contributed by atoms with van der Waals surface area (Å²) in [6, 6.07) is 27.3. The molecule has 0 aromatic heterocycles. The Morgan fingerprint density at radius 1 is 0.778 bits per heavy atom. The molecule has 0 spiro atoms. The first-order valence-corrected chi connectivity index (χ1v) is 11.8.